The third kappa shape index (κ3) is 6.44. The van der Waals surface area contributed by atoms with Crippen LogP contribution in [0.5, 0.6) is 0 Å². The Hall–Kier alpha value is -2.98. The number of hydrogen-bond donors (Lipinski definition) is 0. The second kappa shape index (κ2) is 10.9. The van der Waals surface area contributed by atoms with Crippen LogP contribution >= 0.6 is 0 Å². The molecule has 39 heavy (non-hydrogen) atoms. The van der Waals surface area contributed by atoms with E-state index in [0.717, 1.165) is 0 Å². The molecule has 0 aromatic heterocycles. The first kappa shape index (κ1) is 30.6. The van der Waals surface area contributed by atoms with Gasteiger partial charge in [-0.3, -0.25) is 14.9 Å². The average Bonchev–Trinajstić information content (AvgIpc) is 3.04. The van der Waals surface area contributed by atoms with Gasteiger partial charge < -0.3 is 18.8 Å². The van der Waals surface area contributed by atoms with Crippen molar-refractivity contribution in [1.29, 1.82) is 0 Å². The molecular weight excluding hydrogens is 516 g/mol. The number of ether oxygens (including phenoxy) is 2. The summed E-state index contributed by atoms with van der Waals surface area (Å²) in [6.45, 7) is 20.5. The number of amides is 1. The molecule has 9 nitrogen and oxygen atoms in total. The van der Waals surface area contributed by atoms with Gasteiger partial charge in [-0.1, -0.05) is 27.7 Å². The number of non-ortho nitro benzene ring substituents is 1. The number of nitro groups is 1. The maximum absolute atomic E-state index is 13.5. The number of carbonyl (C=O) groups is 2. The van der Waals surface area contributed by atoms with Crippen molar-refractivity contribution in [3.8, 4) is 0 Å². The first-order valence-electron chi connectivity index (χ1n) is 13.4. The molecule has 0 bridgehead atoms. The number of nitro benzene ring substituents is 1. The summed E-state index contributed by atoms with van der Waals surface area (Å²) in [4.78, 5) is 38.9. The zero-order chi connectivity index (χ0) is 29.5. The molecule has 0 spiro atoms. The number of benzene rings is 1. The Bertz CT molecular complexity index is 1180. The molecule has 2 aliphatic rings. The minimum Gasteiger partial charge on any atom is -0.496 e. The van der Waals surface area contributed by atoms with Gasteiger partial charge in [-0.05, 0) is 75.2 Å². The quantitative estimate of drug-likeness (QED) is 0.0899. The van der Waals surface area contributed by atoms with Gasteiger partial charge in [0, 0.05) is 18.1 Å². The first-order valence-corrected chi connectivity index (χ1v) is 16.3. The lowest BCUT2D eigenvalue weighted by atomic mass is 9.78. The van der Waals surface area contributed by atoms with E-state index in [1.54, 1.807) is 29.4 Å². The minimum absolute atomic E-state index is 0.00168. The van der Waals surface area contributed by atoms with Crippen molar-refractivity contribution >= 4 is 25.9 Å². The molecule has 1 saturated heterocycles. The number of carbonyl (C=O) groups excluding carboxylic acids is 2. The molecule has 214 valence electrons. The number of hydrogen-bond acceptors (Lipinski definition) is 7. The number of esters is 1. The van der Waals surface area contributed by atoms with E-state index in [0.29, 0.717) is 11.1 Å². The Kier molecular flexibility index (Phi) is 8.53. The van der Waals surface area contributed by atoms with Gasteiger partial charge in [-0.2, -0.15) is 0 Å². The Labute approximate surface area is 232 Å². The van der Waals surface area contributed by atoms with Crippen LogP contribution in [0.15, 0.2) is 47.9 Å². The molecule has 0 radical (unpaired) electrons. The fraction of sp³-hybridized carbons (Fsp3) is 0.586. The molecule has 2 aliphatic heterocycles. The number of rotatable bonds is 9. The maximum atomic E-state index is 13.5. The minimum atomic E-state index is -2.12. The van der Waals surface area contributed by atoms with Crippen LogP contribution in [0.4, 0.5) is 5.69 Å². The van der Waals surface area contributed by atoms with Crippen molar-refractivity contribution in [2.24, 2.45) is 11.8 Å². The van der Waals surface area contributed by atoms with Gasteiger partial charge in [0.1, 0.15) is 12.3 Å². The standard InChI is InChI=1S/C29H42N2O7Si/c1-18-22(15-16-37-28(3,4)5)25(27(33)36-17-20-11-13-21(14-12-20)31(34)35)30-24(18)23(26(30)32)19(2)38-39(9,10)29(6,7)8/h11-16,18-19,23-24H,17H2,1-10H3/b16-15+/t18-,19+,23+,24+/m0/s1. The highest BCUT2D eigenvalue weighted by atomic mass is 28.4. The van der Waals surface area contributed by atoms with Gasteiger partial charge in [0.2, 0.25) is 5.91 Å². The molecule has 1 amide bonds. The zero-order valence-electron chi connectivity index (χ0n) is 24.7. The molecule has 1 aromatic carbocycles. The predicted molar refractivity (Wildman–Crippen MR) is 151 cm³/mol. The van der Waals surface area contributed by atoms with Crippen molar-refractivity contribution in [3.63, 3.8) is 0 Å². The molecule has 3 rings (SSSR count). The second-order valence-corrected chi connectivity index (χ2v) is 17.7. The molecule has 0 unspecified atom stereocenters. The number of nitrogens with zero attached hydrogens (tertiary/aromatic N) is 2. The highest BCUT2D eigenvalue weighted by Crippen LogP contribution is 2.49. The smallest absolute Gasteiger partial charge is 0.355 e. The molecule has 0 N–H and O–H groups in total. The molecule has 0 saturated carbocycles. The zero-order valence-corrected chi connectivity index (χ0v) is 25.7. The van der Waals surface area contributed by atoms with Crippen LogP contribution < -0.4 is 0 Å². The molecule has 4 atom stereocenters. The summed E-state index contributed by atoms with van der Waals surface area (Å²) in [6.07, 6.45) is 3.02. The lowest BCUT2D eigenvalue weighted by Gasteiger charge is -2.50. The SMILES string of the molecule is C[C@@H](O[Si](C)(C)C(C)(C)C)[C@H]1C(=O)N2C(C(=O)OCc3ccc([N+](=O)[O-])cc3)=C(/C=C/OC(C)(C)C)[C@H](C)[C@H]12. The highest BCUT2D eigenvalue weighted by Gasteiger charge is 2.60. The largest absolute Gasteiger partial charge is 0.496 e. The van der Waals surface area contributed by atoms with Crippen LogP contribution in [0.25, 0.3) is 0 Å². The van der Waals surface area contributed by atoms with Gasteiger partial charge in [0.05, 0.1) is 34.9 Å². The molecule has 1 fully saturated rings. The topological polar surface area (TPSA) is 108 Å². The van der Waals surface area contributed by atoms with Crippen LogP contribution in [-0.2, 0) is 30.1 Å². The van der Waals surface area contributed by atoms with Crippen LogP contribution in [0, 0.1) is 22.0 Å². The summed E-state index contributed by atoms with van der Waals surface area (Å²) in [7, 11) is -2.12. The number of allylic oxidation sites excluding steroid dienone is 1. The van der Waals surface area contributed by atoms with Crippen LogP contribution in [0.1, 0.15) is 61.0 Å². The van der Waals surface area contributed by atoms with Crippen molar-refractivity contribution in [2.45, 2.75) is 97.9 Å². The van der Waals surface area contributed by atoms with E-state index in [2.05, 4.69) is 33.9 Å². The summed E-state index contributed by atoms with van der Waals surface area (Å²) in [5, 5.41) is 10.9. The summed E-state index contributed by atoms with van der Waals surface area (Å²) in [5.74, 6) is -1.29. The van der Waals surface area contributed by atoms with Crippen molar-refractivity contribution in [2.75, 3.05) is 0 Å². The van der Waals surface area contributed by atoms with Crippen LogP contribution in [0.2, 0.25) is 18.1 Å². The maximum Gasteiger partial charge on any atom is 0.355 e. The fourth-order valence-electron chi connectivity index (χ4n) is 4.75. The Balaban J connectivity index is 1.86. The second-order valence-electron chi connectivity index (χ2n) is 12.9. The molecule has 2 heterocycles. The lowest BCUT2D eigenvalue weighted by Crippen LogP contribution is -2.65. The Morgan fingerprint density at radius 2 is 1.74 bits per heavy atom. The van der Waals surface area contributed by atoms with Crippen molar-refractivity contribution in [1.82, 2.24) is 4.90 Å². The third-order valence-electron chi connectivity index (χ3n) is 7.88. The molecular formula is C29H42N2O7Si. The average molecular weight is 559 g/mol. The predicted octanol–water partition coefficient (Wildman–Crippen LogP) is 6.11. The Morgan fingerprint density at radius 3 is 2.26 bits per heavy atom. The monoisotopic (exact) mass is 558 g/mol. The summed E-state index contributed by atoms with van der Waals surface area (Å²) >= 11 is 0. The van der Waals surface area contributed by atoms with Gasteiger partial charge in [0.15, 0.2) is 8.32 Å². The van der Waals surface area contributed by atoms with E-state index >= 15 is 0 Å². The normalized spacial score (nSPS) is 22.6. The summed E-state index contributed by atoms with van der Waals surface area (Å²) in [6, 6.07) is 5.59. The van der Waals surface area contributed by atoms with Crippen molar-refractivity contribution < 1.29 is 28.4 Å². The molecule has 10 heteroatoms. The van der Waals surface area contributed by atoms with E-state index in [9.17, 15) is 19.7 Å². The molecule has 1 aromatic rings. The van der Waals surface area contributed by atoms with Gasteiger partial charge in [0.25, 0.3) is 5.69 Å². The number of β-lactam (4-membered cyclic amide) rings is 1. The van der Waals surface area contributed by atoms with E-state index < -0.39 is 24.8 Å². The van der Waals surface area contributed by atoms with E-state index in [-0.39, 0.29) is 52.9 Å². The van der Waals surface area contributed by atoms with Crippen LogP contribution in [-0.4, -0.2) is 47.8 Å². The van der Waals surface area contributed by atoms with E-state index in [1.807, 2.05) is 34.6 Å². The first-order chi connectivity index (χ1) is 17.9. The van der Waals surface area contributed by atoms with Crippen molar-refractivity contribution in [3.05, 3.63) is 63.6 Å². The van der Waals surface area contributed by atoms with Gasteiger partial charge in [-0.25, -0.2) is 4.79 Å². The Morgan fingerprint density at radius 1 is 1.15 bits per heavy atom. The van der Waals surface area contributed by atoms with Crippen LogP contribution in [0.3, 0.4) is 0 Å². The summed E-state index contributed by atoms with van der Waals surface area (Å²) in [5.41, 5.74) is 1.03. The van der Waals surface area contributed by atoms with Gasteiger partial charge in [-0.15, -0.1) is 0 Å². The van der Waals surface area contributed by atoms with E-state index in [1.165, 1.54) is 12.1 Å². The highest BCUT2D eigenvalue weighted by molar-refractivity contribution is 6.74. The van der Waals surface area contributed by atoms with Gasteiger partial charge >= 0.3 is 5.97 Å². The fourth-order valence-corrected chi connectivity index (χ4v) is 6.18. The van der Waals surface area contributed by atoms with E-state index in [4.69, 9.17) is 13.9 Å². The molecule has 0 aliphatic carbocycles. The summed E-state index contributed by atoms with van der Waals surface area (Å²) < 4.78 is 18.0. The third-order valence-corrected chi connectivity index (χ3v) is 12.5. The lowest BCUT2D eigenvalue weighted by molar-refractivity contribution is -0.384. The number of fused-ring (bicyclic) bond motifs is 1.